The van der Waals surface area contributed by atoms with Crippen LogP contribution in [0.2, 0.25) is 0 Å². The van der Waals surface area contributed by atoms with Gasteiger partial charge in [-0.1, -0.05) is 364 Å². The molecule has 0 saturated carbocycles. The molecular weight excluding hydrogens is 1310 g/mol. The Morgan fingerprint density at radius 1 is 0.280 bits per heavy atom. The van der Waals surface area contributed by atoms with E-state index in [0.29, 0.717) is 31.6 Å². The van der Waals surface area contributed by atoms with Gasteiger partial charge in [-0.2, -0.15) is 0 Å². The van der Waals surface area contributed by atoms with Crippen molar-refractivity contribution in [3.63, 3.8) is 0 Å². The van der Waals surface area contributed by atoms with Crippen molar-refractivity contribution in [2.45, 2.75) is 433 Å². The molecule has 0 radical (unpaired) electrons. The van der Waals surface area contributed by atoms with Crippen LogP contribution >= 0.6 is 15.6 Å². The quantitative estimate of drug-likeness (QED) is 0.0222. The van der Waals surface area contributed by atoms with Gasteiger partial charge in [0.2, 0.25) is 0 Å². The molecule has 0 aliphatic rings. The second kappa shape index (κ2) is 70.1. The molecule has 17 nitrogen and oxygen atoms in total. The fraction of sp³-hybridized carbons (Fsp3) is 0.951. The minimum Gasteiger partial charge on any atom is -0.462 e. The maximum Gasteiger partial charge on any atom is 0.472 e. The van der Waals surface area contributed by atoms with Gasteiger partial charge in [0.05, 0.1) is 26.4 Å². The second-order valence-corrected chi connectivity index (χ2v) is 33.5. The first-order valence-electron chi connectivity index (χ1n) is 41.8. The first-order valence-corrected chi connectivity index (χ1v) is 44.8. The Kier molecular flexibility index (Phi) is 68.7. The van der Waals surface area contributed by atoms with Gasteiger partial charge in [-0.05, 0) is 49.4 Å². The topological polar surface area (TPSA) is 237 Å². The smallest absolute Gasteiger partial charge is 0.462 e. The predicted octanol–water partition coefficient (Wildman–Crippen LogP) is 24.0. The lowest BCUT2D eigenvalue weighted by Gasteiger charge is -2.21. The maximum absolute atomic E-state index is 13.1. The Labute approximate surface area is 613 Å². The highest BCUT2D eigenvalue weighted by Crippen LogP contribution is 2.45. The fourth-order valence-corrected chi connectivity index (χ4v) is 13.9. The third-order valence-electron chi connectivity index (χ3n) is 19.5. The van der Waals surface area contributed by atoms with Crippen molar-refractivity contribution in [1.82, 2.24) is 0 Å². The summed E-state index contributed by atoms with van der Waals surface area (Å²) in [5.41, 5.74) is 0. The number of rotatable bonds is 78. The third kappa shape index (κ3) is 71.7. The highest BCUT2D eigenvalue weighted by molar-refractivity contribution is 7.47. The van der Waals surface area contributed by atoms with Crippen LogP contribution in [0.15, 0.2) is 0 Å². The molecule has 0 saturated heterocycles. The van der Waals surface area contributed by atoms with Crippen LogP contribution in [0.3, 0.4) is 0 Å². The van der Waals surface area contributed by atoms with Gasteiger partial charge < -0.3 is 33.8 Å². The van der Waals surface area contributed by atoms with E-state index >= 15 is 0 Å². The van der Waals surface area contributed by atoms with Gasteiger partial charge in [-0.15, -0.1) is 0 Å². The van der Waals surface area contributed by atoms with E-state index in [2.05, 4.69) is 55.4 Å². The van der Waals surface area contributed by atoms with Crippen LogP contribution in [0.25, 0.3) is 0 Å². The minimum atomic E-state index is -4.96. The summed E-state index contributed by atoms with van der Waals surface area (Å²) in [6.45, 7) is 14.2. The monoisotopic (exact) mass is 1470 g/mol. The molecule has 0 spiro atoms. The number of unbranched alkanes of at least 4 members (excludes halogenated alkanes) is 42. The average molecular weight is 1470 g/mol. The van der Waals surface area contributed by atoms with Crippen LogP contribution in [0.5, 0.6) is 0 Å². The van der Waals surface area contributed by atoms with Crippen molar-refractivity contribution in [2.75, 3.05) is 39.6 Å². The lowest BCUT2D eigenvalue weighted by molar-refractivity contribution is -0.161. The Balaban J connectivity index is 5.16. The van der Waals surface area contributed by atoms with Gasteiger partial charge >= 0.3 is 39.5 Å². The van der Waals surface area contributed by atoms with Gasteiger partial charge in [0, 0.05) is 25.7 Å². The summed E-state index contributed by atoms with van der Waals surface area (Å²) in [5, 5.41) is 10.6. The van der Waals surface area contributed by atoms with E-state index in [-0.39, 0.29) is 25.7 Å². The van der Waals surface area contributed by atoms with E-state index in [4.69, 9.17) is 37.0 Å². The second-order valence-electron chi connectivity index (χ2n) is 30.6. The Morgan fingerprint density at radius 2 is 0.480 bits per heavy atom. The van der Waals surface area contributed by atoms with Crippen LogP contribution in [-0.2, 0) is 65.4 Å². The molecule has 100 heavy (non-hydrogen) atoms. The number of carbonyl (C=O) groups excluding carboxylic acids is 4. The van der Waals surface area contributed by atoms with Crippen molar-refractivity contribution in [3.05, 3.63) is 0 Å². The van der Waals surface area contributed by atoms with Crippen molar-refractivity contribution >= 4 is 39.5 Å². The maximum atomic E-state index is 13.1. The largest absolute Gasteiger partial charge is 0.472 e. The van der Waals surface area contributed by atoms with Gasteiger partial charge in [-0.25, -0.2) is 9.13 Å². The van der Waals surface area contributed by atoms with Gasteiger partial charge in [0.1, 0.15) is 19.3 Å². The van der Waals surface area contributed by atoms with Crippen molar-refractivity contribution in [2.24, 2.45) is 23.7 Å². The minimum absolute atomic E-state index is 0.105. The number of aliphatic hydroxyl groups is 1. The Bertz CT molecular complexity index is 1960. The van der Waals surface area contributed by atoms with Crippen molar-refractivity contribution in [1.29, 1.82) is 0 Å². The molecule has 19 heteroatoms. The molecule has 0 aliphatic heterocycles. The van der Waals surface area contributed by atoms with Crippen molar-refractivity contribution < 1.29 is 80.2 Å². The molecule has 0 aromatic rings. The summed E-state index contributed by atoms with van der Waals surface area (Å²) in [6, 6.07) is 0. The third-order valence-corrected chi connectivity index (χ3v) is 21.4. The highest BCUT2D eigenvalue weighted by Gasteiger charge is 2.30. The van der Waals surface area contributed by atoms with Gasteiger partial charge in [-0.3, -0.25) is 37.3 Å². The summed E-state index contributed by atoms with van der Waals surface area (Å²) < 4.78 is 68.6. The number of hydrogen-bond donors (Lipinski definition) is 3. The van der Waals surface area contributed by atoms with Crippen LogP contribution in [0.1, 0.15) is 415 Å². The molecule has 0 fully saturated rings. The van der Waals surface area contributed by atoms with E-state index in [1.54, 1.807) is 0 Å². The zero-order valence-electron chi connectivity index (χ0n) is 65.8. The molecule has 0 rings (SSSR count). The summed E-state index contributed by atoms with van der Waals surface area (Å²) in [4.78, 5) is 72.9. The molecule has 0 amide bonds. The van der Waals surface area contributed by atoms with E-state index < -0.39 is 97.5 Å². The summed E-state index contributed by atoms with van der Waals surface area (Å²) >= 11 is 0. The molecule has 0 aromatic carbocycles. The lowest BCUT2D eigenvalue weighted by atomic mass is 9.99. The summed E-state index contributed by atoms with van der Waals surface area (Å²) in [5.74, 6) is 0.999. The zero-order chi connectivity index (χ0) is 73.8. The van der Waals surface area contributed by atoms with E-state index in [0.717, 1.165) is 114 Å². The number of ether oxygens (including phenoxy) is 4. The molecular formula is C81H158O17P2. The first-order chi connectivity index (χ1) is 48.2. The highest BCUT2D eigenvalue weighted by atomic mass is 31.2. The number of carbonyl (C=O) groups is 4. The molecule has 7 atom stereocenters. The number of aliphatic hydroxyl groups excluding tert-OH is 1. The Hall–Kier alpha value is -1.94. The molecule has 0 aliphatic carbocycles. The molecule has 4 unspecified atom stereocenters. The summed E-state index contributed by atoms with van der Waals surface area (Å²) in [6.07, 6.45) is 57.1. The van der Waals surface area contributed by atoms with Crippen molar-refractivity contribution in [3.8, 4) is 0 Å². The molecule has 3 N–H and O–H groups in total. The zero-order valence-corrected chi connectivity index (χ0v) is 67.6. The van der Waals surface area contributed by atoms with E-state index in [9.17, 15) is 43.2 Å². The number of phosphoric acid groups is 2. The summed E-state index contributed by atoms with van der Waals surface area (Å²) in [7, 11) is -9.92. The molecule has 594 valence electrons. The standard InChI is InChI=1S/C81H158O17P2/c1-9-73(7)59-51-43-34-28-24-20-17-18-22-26-30-37-47-55-63-80(85)97-77(68-92-79(84)62-54-46-40-39-42-50-58-72(5)6)70-96-100(89,90)94-66-75(82)65-93-99(87,88)95-69-76(98-81(86)64-56-48-38-32-31-35-44-52-60-74(8)10-2)67-91-78(83)61-53-45-36-29-25-21-16-14-12-11-13-15-19-23-27-33-41-49-57-71(3)4/h71-77,82H,9-70H2,1-8H3,(H,87,88)(H,89,90)/t73?,74?,75-,76-,77-/m1/s1. The fourth-order valence-electron chi connectivity index (χ4n) is 12.4. The average Bonchev–Trinajstić information content (AvgIpc) is 1.30. The molecule has 0 heterocycles. The Morgan fingerprint density at radius 3 is 0.710 bits per heavy atom. The van der Waals surface area contributed by atoms with Crippen LogP contribution in [0.4, 0.5) is 0 Å². The molecule has 0 bridgehead atoms. The van der Waals surface area contributed by atoms with Crippen LogP contribution in [-0.4, -0.2) is 96.7 Å². The SMILES string of the molecule is CCC(C)CCCCCCCCCCCCCCCCC(=O)O[C@H](COC(=O)CCCCCCCCC(C)C)COP(=O)(O)OC[C@H](O)COP(=O)(O)OC[C@@H](COC(=O)CCCCCCCCCCCCCCCCCCCCC(C)C)OC(=O)CCCCCCCCCCC(C)CC. The van der Waals surface area contributed by atoms with E-state index in [1.165, 1.54) is 212 Å². The molecule has 0 aromatic heterocycles. The normalized spacial score (nSPS) is 14.6. The first kappa shape index (κ1) is 98.1. The van der Waals surface area contributed by atoms with E-state index in [1.807, 2.05) is 0 Å². The number of hydrogen-bond acceptors (Lipinski definition) is 15. The number of esters is 4. The predicted molar refractivity (Wildman–Crippen MR) is 409 cm³/mol. The van der Waals surface area contributed by atoms with Gasteiger partial charge in [0.15, 0.2) is 12.2 Å². The van der Waals surface area contributed by atoms with Crippen LogP contribution in [0, 0.1) is 23.7 Å². The lowest BCUT2D eigenvalue weighted by Crippen LogP contribution is -2.30. The van der Waals surface area contributed by atoms with Crippen LogP contribution < -0.4 is 0 Å². The van der Waals surface area contributed by atoms with Gasteiger partial charge in [0.25, 0.3) is 0 Å². The number of phosphoric ester groups is 2.